The Balaban J connectivity index is 2.49. The number of amides is 2. The number of carbonyl (C=O) groups is 1. The zero-order valence-corrected chi connectivity index (χ0v) is 12.1. The molecule has 0 radical (unpaired) electrons. The van der Waals surface area contributed by atoms with Crippen LogP contribution in [0, 0.1) is 5.92 Å². The fourth-order valence-electron chi connectivity index (χ4n) is 1.62. The van der Waals surface area contributed by atoms with Gasteiger partial charge in [0.15, 0.2) is 0 Å². The zero-order chi connectivity index (χ0) is 13.5. The lowest BCUT2D eigenvalue weighted by Crippen LogP contribution is -2.32. The Kier molecular flexibility index (Phi) is 6.30. The van der Waals surface area contributed by atoms with Crippen molar-refractivity contribution in [2.24, 2.45) is 5.92 Å². The average molecular weight is 289 g/mol. The smallest absolute Gasteiger partial charge is 0.319 e. The molecule has 0 aliphatic rings. The van der Waals surface area contributed by atoms with Crippen LogP contribution in [-0.2, 0) is 0 Å². The monoisotopic (exact) mass is 288 g/mol. The second-order valence-corrected chi connectivity index (χ2v) is 5.05. The molecule has 0 fully saturated rings. The summed E-state index contributed by atoms with van der Waals surface area (Å²) in [5, 5.41) is 6.54. The van der Waals surface area contributed by atoms with Crippen LogP contribution in [0.3, 0.4) is 0 Å². The van der Waals surface area contributed by atoms with Crippen LogP contribution >= 0.6 is 23.2 Å². The highest BCUT2D eigenvalue weighted by atomic mass is 35.5. The summed E-state index contributed by atoms with van der Waals surface area (Å²) >= 11 is 11.7. The van der Waals surface area contributed by atoms with E-state index >= 15 is 0 Å². The maximum Gasteiger partial charge on any atom is 0.319 e. The predicted octanol–water partition coefficient (Wildman–Crippen LogP) is 4.55. The fourth-order valence-corrected chi connectivity index (χ4v) is 2.14. The lowest BCUT2D eigenvalue weighted by atomic mass is 10.0. The first-order chi connectivity index (χ1) is 8.55. The number of carbonyl (C=O) groups excluding carboxylic acids is 1. The molecule has 0 bridgehead atoms. The molecule has 1 aromatic carbocycles. The predicted molar refractivity (Wildman–Crippen MR) is 77.6 cm³/mol. The summed E-state index contributed by atoms with van der Waals surface area (Å²) in [4.78, 5) is 11.7. The van der Waals surface area contributed by atoms with Crippen molar-refractivity contribution in [3.63, 3.8) is 0 Å². The number of hydrogen-bond donors (Lipinski definition) is 2. The zero-order valence-electron chi connectivity index (χ0n) is 10.6. The van der Waals surface area contributed by atoms with Gasteiger partial charge in [-0.15, -0.1) is 0 Å². The second-order valence-electron chi connectivity index (χ2n) is 4.18. The third-order valence-corrected chi connectivity index (χ3v) is 3.26. The quantitative estimate of drug-likeness (QED) is 0.820. The molecule has 3 nitrogen and oxygen atoms in total. The van der Waals surface area contributed by atoms with E-state index in [1.807, 2.05) is 0 Å². The van der Waals surface area contributed by atoms with Crippen LogP contribution < -0.4 is 10.6 Å². The average Bonchev–Trinajstić information content (AvgIpc) is 2.28. The normalized spacial score (nSPS) is 10.5. The fraction of sp³-hybridized carbons (Fsp3) is 0.462. The molecule has 0 unspecified atom stereocenters. The number of halogens is 2. The van der Waals surface area contributed by atoms with E-state index in [1.165, 1.54) is 0 Å². The Labute approximate surface area is 118 Å². The third kappa shape index (κ3) is 5.15. The molecule has 2 amide bonds. The minimum absolute atomic E-state index is 0.236. The summed E-state index contributed by atoms with van der Waals surface area (Å²) in [6.45, 7) is 4.90. The topological polar surface area (TPSA) is 41.1 Å². The highest BCUT2D eigenvalue weighted by Crippen LogP contribution is 2.22. The Bertz CT molecular complexity index is 386. The van der Waals surface area contributed by atoms with E-state index in [0.717, 1.165) is 12.8 Å². The van der Waals surface area contributed by atoms with E-state index in [4.69, 9.17) is 23.2 Å². The highest BCUT2D eigenvalue weighted by Gasteiger charge is 2.07. The van der Waals surface area contributed by atoms with Gasteiger partial charge in [0.2, 0.25) is 0 Å². The first kappa shape index (κ1) is 15.1. The van der Waals surface area contributed by atoms with Crippen LogP contribution in [0.25, 0.3) is 0 Å². The minimum Gasteiger partial charge on any atom is -0.338 e. The standard InChI is InChI=1S/C13H18Cl2N2O/c1-3-9(4-2)8-16-13(18)17-12-6-10(14)5-11(15)7-12/h5-7,9H,3-4,8H2,1-2H3,(H2,16,17,18). The molecule has 0 aliphatic carbocycles. The minimum atomic E-state index is -0.236. The van der Waals surface area contributed by atoms with Crippen LogP contribution in [0.2, 0.25) is 10.0 Å². The van der Waals surface area contributed by atoms with Crippen molar-refractivity contribution in [2.75, 3.05) is 11.9 Å². The number of nitrogens with one attached hydrogen (secondary N) is 2. The molecule has 100 valence electrons. The molecule has 0 heterocycles. The van der Waals surface area contributed by atoms with Crippen molar-refractivity contribution in [1.29, 1.82) is 0 Å². The molecule has 0 spiro atoms. The van der Waals surface area contributed by atoms with E-state index in [2.05, 4.69) is 24.5 Å². The Morgan fingerprint density at radius 3 is 2.22 bits per heavy atom. The van der Waals surface area contributed by atoms with Crippen molar-refractivity contribution >= 4 is 34.9 Å². The molecule has 0 atom stereocenters. The largest absolute Gasteiger partial charge is 0.338 e. The van der Waals surface area contributed by atoms with E-state index in [1.54, 1.807) is 18.2 Å². The number of anilines is 1. The molecule has 0 aromatic heterocycles. The molecule has 0 aliphatic heterocycles. The maximum atomic E-state index is 11.7. The van der Waals surface area contributed by atoms with Gasteiger partial charge in [0.25, 0.3) is 0 Å². The van der Waals surface area contributed by atoms with Gasteiger partial charge < -0.3 is 10.6 Å². The summed E-state index contributed by atoms with van der Waals surface area (Å²) < 4.78 is 0. The summed E-state index contributed by atoms with van der Waals surface area (Å²) in [5.41, 5.74) is 0.592. The summed E-state index contributed by atoms with van der Waals surface area (Å²) in [6, 6.07) is 4.70. The highest BCUT2D eigenvalue weighted by molar-refractivity contribution is 6.35. The first-order valence-electron chi connectivity index (χ1n) is 6.06. The summed E-state index contributed by atoms with van der Waals surface area (Å²) in [7, 11) is 0. The van der Waals surface area contributed by atoms with Gasteiger partial charge >= 0.3 is 6.03 Å². The van der Waals surface area contributed by atoms with Crippen molar-refractivity contribution < 1.29 is 4.79 Å². The first-order valence-corrected chi connectivity index (χ1v) is 6.81. The number of benzene rings is 1. The van der Waals surface area contributed by atoms with Crippen LogP contribution in [-0.4, -0.2) is 12.6 Å². The van der Waals surface area contributed by atoms with Crippen LogP contribution in [0.1, 0.15) is 26.7 Å². The molecule has 0 saturated carbocycles. The van der Waals surface area contributed by atoms with Crippen molar-refractivity contribution in [2.45, 2.75) is 26.7 Å². The lowest BCUT2D eigenvalue weighted by molar-refractivity contribution is 0.249. The van der Waals surface area contributed by atoms with Gasteiger partial charge in [-0.05, 0) is 24.1 Å². The molecular weight excluding hydrogens is 271 g/mol. The van der Waals surface area contributed by atoms with E-state index in [9.17, 15) is 4.79 Å². The molecule has 1 aromatic rings. The molecule has 18 heavy (non-hydrogen) atoms. The van der Waals surface area contributed by atoms with Crippen LogP contribution in [0.15, 0.2) is 18.2 Å². The van der Waals surface area contributed by atoms with Gasteiger partial charge in [-0.2, -0.15) is 0 Å². The summed E-state index contributed by atoms with van der Waals surface area (Å²) in [6.07, 6.45) is 2.11. The molecular formula is C13H18Cl2N2O. The SMILES string of the molecule is CCC(CC)CNC(=O)Nc1cc(Cl)cc(Cl)c1. The van der Waals surface area contributed by atoms with Gasteiger partial charge in [-0.3, -0.25) is 0 Å². The van der Waals surface area contributed by atoms with Gasteiger partial charge in [0.1, 0.15) is 0 Å². The van der Waals surface area contributed by atoms with E-state index in [-0.39, 0.29) is 6.03 Å². The van der Waals surface area contributed by atoms with Gasteiger partial charge in [0, 0.05) is 22.3 Å². The molecule has 0 saturated heterocycles. The third-order valence-electron chi connectivity index (χ3n) is 2.83. The maximum absolute atomic E-state index is 11.7. The molecule has 5 heteroatoms. The summed E-state index contributed by atoms with van der Waals surface area (Å²) in [5.74, 6) is 0.513. The Morgan fingerprint density at radius 2 is 1.72 bits per heavy atom. The van der Waals surface area contributed by atoms with E-state index in [0.29, 0.717) is 28.2 Å². The molecule has 1 rings (SSSR count). The van der Waals surface area contributed by atoms with Gasteiger partial charge in [-0.1, -0.05) is 49.9 Å². The Morgan fingerprint density at radius 1 is 1.17 bits per heavy atom. The van der Waals surface area contributed by atoms with Crippen molar-refractivity contribution in [3.8, 4) is 0 Å². The molecule has 2 N–H and O–H groups in total. The van der Waals surface area contributed by atoms with Crippen molar-refractivity contribution in [3.05, 3.63) is 28.2 Å². The van der Waals surface area contributed by atoms with E-state index < -0.39 is 0 Å². The van der Waals surface area contributed by atoms with Crippen LogP contribution in [0.4, 0.5) is 10.5 Å². The second kappa shape index (κ2) is 7.49. The van der Waals surface area contributed by atoms with Crippen LogP contribution in [0.5, 0.6) is 0 Å². The number of urea groups is 1. The van der Waals surface area contributed by atoms with Gasteiger partial charge in [0.05, 0.1) is 0 Å². The van der Waals surface area contributed by atoms with Gasteiger partial charge in [-0.25, -0.2) is 4.79 Å². The van der Waals surface area contributed by atoms with Crippen molar-refractivity contribution in [1.82, 2.24) is 5.32 Å². The number of hydrogen-bond acceptors (Lipinski definition) is 1. The number of rotatable bonds is 5. The lowest BCUT2D eigenvalue weighted by Gasteiger charge is -2.14. The Hall–Kier alpha value is -0.930.